The molecule has 0 radical (unpaired) electrons. The van der Waals surface area contributed by atoms with Crippen molar-refractivity contribution in [1.29, 1.82) is 0 Å². The Morgan fingerprint density at radius 2 is 2.25 bits per heavy atom. The standard InChI is InChI=1S/C5H9NO2/c6-4-2-1-3(4)5(7)8/h3-4H,1-2,6H2,(H,7,8)/t3?,4-/m0/s1. The number of carbonyl (C=O) groups is 1. The number of aliphatic carboxylic acids is 1. The third kappa shape index (κ3) is 0.690. The summed E-state index contributed by atoms with van der Waals surface area (Å²) in [5.41, 5.74) is 5.34. The molecule has 1 rings (SSSR count). The van der Waals surface area contributed by atoms with Crippen LogP contribution < -0.4 is 5.73 Å². The van der Waals surface area contributed by atoms with Crippen LogP contribution in [0.5, 0.6) is 0 Å². The monoisotopic (exact) mass is 115 g/mol. The average molecular weight is 115 g/mol. The van der Waals surface area contributed by atoms with Crippen molar-refractivity contribution in [1.82, 2.24) is 0 Å². The highest BCUT2D eigenvalue weighted by Crippen LogP contribution is 2.24. The summed E-state index contributed by atoms with van der Waals surface area (Å²) in [6.45, 7) is 0. The number of rotatable bonds is 1. The lowest BCUT2D eigenvalue weighted by Gasteiger charge is -2.29. The Kier molecular flexibility index (Phi) is 1.21. The zero-order valence-electron chi connectivity index (χ0n) is 4.50. The number of carboxylic acids is 1. The van der Waals surface area contributed by atoms with Gasteiger partial charge in [-0.05, 0) is 12.8 Å². The summed E-state index contributed by atoms with van der Waals surface area (Å²) in [6, 6.07) is -0.0764. The van der Waals surface area contributed by atoms with Crippen LogP contribution in [0.3, 0.4) is 0 Å². The fourth-order valence-corrected chi connectivity index (χ4v) is 0.832. The van der Waals surface area contributed by atoms with Crippen LogP contribution in [0, 0.1) is 5.92 Å². The molecule has 0 aromatic carbocycles. The molecule has 0 heterocycles. The Morgan fingerprint density at radius 1 is 1.62 bits per heavy atom. The summed E-state index contributed by atoms with van der Waals surface area (Å²) in [4.78, 5) is 10.1. The molecule has 0 amide bonds. The summed E-state index contributed by atoms with van der Waals surface area (Å²) in [6.07, 6.45) is 1.63. The molecule has 0 aromatic rings. The first-order chi connectivity index (χ1) is 3.72. The lowest BCUT2D eigenvalue weighted by molar-refractivity contribution is -0.145. The maximum Gasteiger partial charge on any atom is 0.308 e. The molecule has 2 atom stereocenters. The van der Waals surface area contributed by atoms with E-state index >= 15 is 0 Å². The molecule has 1 fully saturated rings. The smallest absolute Gasteiger partial charge is 0.308 e. The van der Waals surface area contributed by atoms with Crippen LogP contribution in [0.25, 0.3) is 0 Å². The van der Waals surface area contributed by atoms with Crippen LogP contribution in [-0.4, -0.2) is 17.1 Å². The molecule has 1 saturated carbocycles. The molecule has 0 bridgehead atoms. The second-order valence-corrected chi connectivity index (χ2v) is 2.19. The van der Waals surface area contributed by atoms with Crippen LogP contribution in [0.2, 0.25) is 0 Å². The number of carboxylic acid groups (broad SMARTS) is 1. The Balaban J connectivity index is 2.37. The average Bonchev–Trinajstić information content (AvgIpc) is 1.61. The summed E-state index contributed by atoms with van der Waals surface area (Å²) in [5.74, 6) is -1.00. The lowest BCUT2D eigenvalue weighted by atomic mass is 9.80. The predicted octanol–water partition coefficient (Wildman–Crippen LogP) is -0.192. The number of hydrogen-bond acceptors (Lipinski definition) is 2. The van der Waals surface area contributed by atoms with Gasteiger partial charge in [-0.2, -0.15) is 0 Å². The number of hydrogen-bond donors (Lipinski definition) is 2. The van der Waals surface area contributed by atoms with E-state index in [0.29, 0.717) is 0 Å². The van der Waals surface area contributed by atoms with Crippen LogP contribution in [0.4, 0.5) is 0 Å². The SMILES string of the molecule is N[C@H]1CCC1C(=O)O. The van der Waals surface area contributed by atoms with Gasteiger partial charge in [-0.15, -0.1) is 0 Å². The topological polar surface area (TPSA) is 63.3 Å². The Hall–Kier alpha value is -0.570. The van der Waals surface area contributed by atoms with Gasteiger partial charge in [0.05, 0.1) is 5.92 Å². The molecule has 0 saturated heterocycles. The second kappa shape index (κ2) is 1.74. The van der Waals surface area contributed by atoms with Crippen LogP contribution in [0.1, 0.15) is 12.8 Å². The van der Waals surface area contributed by atoms with E-state index < -0.39 is 5.97 Å². The minimum atomic E-state index is -0.747. The van der Waals surface area contributed by atoms with E-state index in [1.807, 2.05) is 0 Å². The van der Waals surface area contributed by atoms with Crippen molar-refractivity contribution in [3.63, 3.8) is 0 Å². The first-order valence-corrected chi connectivity index (χ1v) is 2.70. The Labute approximate surface area is 47.5 Å². The van der Waals surface area contributed by atoms with Gasteiger partial charge >= 0.3 is 5.97 Å². The maximum atomic E-state index is 10.1. The van der Waals surface area contributed by atoms with E-state index in [-0.39, 0.29) is 12.0 Å². The summed E-state index contributed by atoms with van der Waals surface area (Å²) >= 11 is 0. The van der Waals surface area contributed by atoms with Crippen molar-refractivity contribution >= 4 is 5.97 Å². The van der Waals surface area contributed by atoms with E-state index in [0.717, 1.165) is 12.8 Å². The fourth-order valence-electron chi connectivity index (χ4n) is 0.832. The van der Waals surface area contributed by atoms with Gasteiger partial charge in [0.1, 0.15) is 0 Å². The van der Waals surface area contributed by atoms with Gasteiger partial charge in [0.25, 0.3) is 0 Å². The van der Waals surface area contributed by atoms with Crippen molar-refractivity contribution in [2.45, 2.75) is 18.9 Å². The molecule has 0 aromatic heterocycles. The second-order valence-electron chi connectivity index (χ2n) is 2.19. The van der Waals surface area contributed by atoms with E-state index in [4.69, 9.17) is 10.8 Å². The van der Waals surface area contributed by atoms with Crippen LogP contribution >= 0.6 is 0 Å². The zero-order valence-corrected chi connectivity index (χ0v) is 4.50. The van der Waals surface area contributed by atoms with E-state index in [1.165, 1.54) is 0 Å². The first-order valence-electron chi connectivity index (χ1n) is 2.70. The molecule has 0 spiro atoms. The highest BCUT2D eigenvalue weighted by Gasteiger charge is 2.33. The minimum absolute atomic E-state index is 0.0764. The highest BCUT2D eigenvalue weighted by molar-refractivity contribution is 5.71. The van der Waals surface area contributed by atoms with E-state index in [9.17, 15) is 4.79 Å². The Morgan fingerprint density at radius 3 is 2.25 bits per heavy atom. The van der Waals surface area contributed by atoms with E-state index in [1.54, 1.807) is 0 Å². The number of nitrogens with two attached hydrogens (primary N) is 1. The molecule has 8 heavy (non-hydrogen) atoms. The molecule has 3 nitrogen and oxygen atoms in total. The van der Waals surface area contributed by atoms with Gasteiger partial charge in [0.2, 0.25) is 0 Å². The van der Waals surface area contributed by atoms with Crippen molar-refractivity contribution in [3.05, 3.63) is 0 Å². The third-order valence-electron chi connectivity index (χ3n) is 1.65. The van der Waals surface area contributed by atoms with Crippen molar-refractivity contribution in [3.8, 4) is 0 Å². The van der Waals surface area contributed by atoms with Crippen molar-refractivity contribution < 1.29 is 9.90 Å². The highest BCUT2D eigenvalue weighted by atomic mass is 16.4. The summed E-state index contributed by atoms with van der Waals surface area (Å²) in [5, 5.41) is 8.32. The third-order valence-corrected chi connectivity index (χ3v) is 1.65. The van der Waals surface area contributed by atoms with E-state index in [2.05, 4.69) is 0 Å². The minimum Gasteiger partial charge on any atom is -0.481 e. The molecule has 3 heteroatoms. The lowest BCUT2D eigenvalue weighted by Crippen LogP contribution is -2.43. The van der Waals surface area contributed by atoms with Crippen molar-refractivity contribution in [2.75, 3.05) is 0 Å². The van der Waals surface area contributed by atoms with Crippen molar-refractivity contribution in [2.24, 2.45) is 11.7 Å². The molecule has 1 aliphatic rings. The van der Waals surface area contributed by atoms with Crippen LogP contribution in [-0.2, 0) is 4.79 Å². The van der Waals surface area contributed by atoms with Gasteiger partial charge in [0, 0.05) is 6.04 Å². The summed E-state index contributed by atoms with van der Waals surface area (Å²) in [7, 11) is 0. The van der Waals surface area contributed by atoms with Gasteiger partial charge < -0.3 is 10.8 Å². The molecule has 3 N–H and O–H groups in total. The largest absolute Gasteiger partial charge is 0.481 e. The van der Waals surface area contributed by atoms with Gasteiger partial charge in [-0.3, -0.25) is 4.79 Å². The molecule has 1 aliphatic carbocycles. The Bertz CT molecular complexity index is 113. The van der Waals surface area contributed by atoms with Crippen LogP contribution in [0.15, 0.2) is 0 Å². The molecule has 0 aliphatic heterocycles. The predicted molar refractivity (Wildman–Crippen MR) is 28.3 cm³/mol. The fraction of sp³-hybridized carbons (Fsp3) is 0.800. The summed E-state index contributed by atoms with van der Waals surface area (Å²) < 4.78 is 0. The first kappa shape index (κ1) is 5.56. The van der Waals surface area contributed by atoms with Gasteiger partial charge in [-0.25, -0.2) is 0 Å². The molecule has 1 unspecified atom stereocenters. The molecular weight excluding hydrogens is 106 g/mol. The van der Waals surface area contributed by atoms with Gasteiger partial charge in [0.15, 0.2) is 0 Å². The quantitative estimate of drug-likeness (QED) is 0.497. The van der Waals surface area contributed by atoms with Gasteiger partial charge in [-0.1, -0.05) is 0 Å². The zero-order chi connectivity index (χ0) is 6.15. The molecule has 46 valence electrons. The maximum absolute atomic E-state index is 10.1. The normalized spacial score (nSPS) is 36.1. The molecular formula is C5H9NO2.